The molecule has 0 spiro atoms. The zero-order chi connectivity index (χ0) is 50.7. The number of nitrogens with two attached hydrogens (primary N) is 1. The van der Waals surface area contributed by atoms with Crippen LogP contribution in [0.2, 0.25) is 0 Å². The zero-order valence-electron chi connectivity index (χ0n) is 39.2. The van der Waals surface area contributed by atoms with Crippen molar-refractivity contribution < 1.29 is 73.2 Å². The molecule has 0 aromatic rings. The van der Waals surface area contributed by atoms with E-state index in [4.69, 9.17) is 5.73 Å². The van der Waals surface area contributed by atoms with Crippen LogP contribution >= 0.6 is 0 Å². The second-order valence-corrected chi connectivity index (χ2v) is 18.1. The molecule has 0 saturated carbocycles. The van der Waals surface area contributed by atoms with Crippen molar-refractivity contribution in [1.29, 1.82) is 0 Å². The van der Waals surface area contributed by atoms with Crippen LogP contribution in [0.4, 0.5) is 0 Å². The Balaban J connectivity index is 3.33. The lowest BCUT2D eigenvalue weighted by atomic mass is 9.98. The average Bonchev–Trinajstić information content (AvgIpc) is 3.70. The molecule has 1 aliphatic rings. The molecule has 66 heavy (non-hydrogen) atoms. The predicted molar refractivity (Wildman–Crippen MR) is 234 cm³/mol. The van der Waals surface area contributed by atoms with Crippen LogP contribution in [-0.2, 0) is 52.7 Å². The first-order valence-electron chi connectivity index (χ1n) is 22.1. The number of aliphatic hydroxyl groups excluding tert-OH is 1. The average molecular weight is 942 g/mol. The molecule has 1 aliphatic heterocycles. The molecule has 0 aromatic heterocycles. The first kappa shape index (κ1) is 58.1. The maximum Gasteiger partial charge on any atom is 0.328 e. The molecule has 9 atom stereocenters. The second kappa shape index (κ2) is 27.5. The van der Waals surface area contributed by atoms with Crippen molar-refractivity contribution in [3.63, 3.8) is 0 Å². The number of aliphatic hydroxyl groups is 1. The Bertz CT molecular complexity index is 1760. The summed E-state index contributed by atoms with van der Waals surface area (Å²) < 4.78 is 0. The fourth-order valence-corrected chi connectivity index (χ4v) is 6.88. The van der Waals surface area contributed by atoms with Gasteiger partial charge in [-0.15, -0.1) is 0 Å². The number of amides is 8. The van der Waals surface area contributed by atoms with E-state index in [1.807, 2.05) is 13.8 Å². The summed E-state index contributed by atoms with van der Waals surface area (Å²) in [5.74, 6) is -12.5. The number of nitrogens with one attached hydrogen (secondary N) is 7. The predicted octanol–water partition coefficient (Wildman–Crippen LogP) is -2.46. The van der Waals surface area contributed by atoms with Crippen LogP contribution in [0.3, 0.4) is 0 Å². The van der Waals surface area contributed by atoms with Gasteiger partial charge in [-0.25, -0.2) is 4.79 Å². The lowest BCUT2D eigenvalue weighted by Gasteiger charge is -2.31. The zero-order valence-corrected chi connectivity index (χ0v) is 39.2. The standard InChI is InChI=1S/C42H71N9O15/c1-19(2)15-25(46-37(60)26(16-20(3)4)47-39(62)32(43)21(5)6)36(59)45-24(12-13-30(54)55)35(58)48-27(17-31(56)57)41(64)51-14-10-11-28(51)38(61)50-33(22(7)8)40(63)44-18-29(53)49-34(23(9)52)42(65)66/h19-28,32-34,52H,10-18,43H2,1-9H3,(H,44,63)(H,45,59)(H,46,60)(H,47,62)(H,48,58)(H,49,53)(H,50,61)(H,54,55)(H,56,57)(H,65,66)/t23-,24+,25+,26+,27+,28+,32+,33+,34+/m1/s1. The number of likely N-dealkylation sites (tertiary alicyclic amines) is 1. The minimum atomic E-state index is -1.84. The maximum absolute atomic E-state index is 14.0. The third kappa shape index (κ3) is 19.7. The molecule has 1 saturated heterocycles. The van der Waals surface area contributed by atoms with Crippen molar-refractivity contribution in [3.8, 4) is 0 Å². The van der Waals surface area contributed by atoms with E-state index >= 15 is 0 Å². The summed E-state index contributed by atoms with van der Waals surface area (Å²) in [6.45, 7) is 14.1. The topological polar surface area (TPSA) is 382 Å². The Morgan fingerprint density at radius 1 is 0.606 bits per heavy atom. The summed E-state index contributed by atoms with van der Waals surface area (Å²) in [6, 6.07) is -11.0. The van der Waals surface area contributed by atoms with E-state index in [9.17, 15) is 73.2 Å². The second-order valence-electron chi connectivity index (χ2n) is 18.1. The highest BCUT2D eigenvalue weighted by atomic mass is 16.4. The van der Waals surface area contributed by atoms with E-state index in [1.54, 1.807) is 41.5 Å². The molecule has 0 aromatic carbocycles. The quantitative estimate of drug-likeness (QED) is 0.0387. The summed E-state index contributed by atoms with van der Waals surface area (Å²) in [4.78, 5) is 143. The van der Waals surface area contributed by atoms with Gasteiger partial charge in [0.05, 0.1) is 25.1 Å². The SMILES string of the molecule is CC(C)C[C@H](NC(=O)[C@H](CC(C)C)NC(=O)[C@@H](N)C(C)C)C(=O)N[C@@H](CCC(=O)O)C(=O)N[C@@H](CC(=O)O)C(=O)N1CCC[C@H]1C(=O)N[C@H](C(=O)NCC(=O)N[C@H](C(=O)O)[C@@H](C)O)C(C)C. The smallest absolute Gasteiger partial charge is 0.328 e. The highest BCUT2D eigenvalue weighted by molar-refractivity contribution is 5.99. The minimum absolute atomic E-state index is 0.0308. The molecule has 0 bridgehead atoms. The van der Waals surface area contributed by atoms with Gasteiger partial charge in [-0.3, -0.25) is 47.9 Å². The summed E-state index contributed by atoms with van der Waals surface area (Å²) in [5.41, 5.74) is 6.00. The van der Waals surface area contributed by atoms with E-state index in [0.717, 1.165) is 11.8 Å². The molecule has 374 valence electrons. The molecular weight excluding hydrogens is 871 g/mol. The summed E-state index contributed by atoms with van der Waals surface area (Å²) in [6.07, 6.45) is -3.13. The fourth-order valence-electron chi connectivity index (χ4n) is 6.88. The van der Waals surface area contributed by atoms with Crippen molar-refractivity contribution >= 4 is 65.2 Å². The van der Waals surface area contributed by atoms with Crippen LogP contribution < -0.4 is 43.0 Å². The van der Waals surface area contributed by atoms with Gasteiger partial charge in [0, 0.05) is 13.0 Å². The third-order valence-electron chi connectivity index (χ3n) is 10.5. The van der Waals surface area contributed by atoms with Crippen LogP contribution in [0.5, 0.6) is 0 Å². The molecular formula is C42H71N9O15. The molecule has 24 nitrogen and oxygen atoms in total. The van der Waals surface area contributed by atoms with E-state index in [1.165, 1.54) is 0 Å². The number of carboxylic acids is 3. The molecule has 8 amide bonds. The van der Waals surface area contributed by atoms with Crippen LogP contribution in [0.15, 0.2) is 0 Å². The lowest BCUT2D eigenvalue weighted by Crippen LogP contribution is -2.60. The number of hydrogen-bond donors (Lipinski definition) is 12. The molecule has 1 heterocycles. The fraction of sp³-hybridized carbons (Fsp3) is 0.738. The molecule has 13 N–H and O–H groups in total. The molecule has 0 unspecified atom stereocenters. The van der Waals surface area contributed by atoms with Gasteiger partial charge in [-0.05, 0) is 62.7 Å². The first-order chi connectivity index (χ1) is 30.6. The van der Waals surface area contributed by atoms with Crippen molar-refractivity contribution in [2.45, 2.75) is 162 Å². The Hall–Kier alpha value is -5.91. The van der Waals surface area contributed by atoms with Crippen LogP contribution in [0, 0.1) is 23.7 Å². The van der Waals surface area contributed by atoms with Crippen LogP contribution in [-0.4, -0.2) is 158 Å². The number of carbonyl (C=O) groups is 11. The van der Waals surface area contributed by atoms with Crippen LogP contribution in [0.1, 0.15) is 107 Å². The van der Waals surface area contributed by atoms with E-state index in [0.29, 0.717) is 0 Å². The van der Waals surface area contributed by atoms with Crippen molar-refractivity contribution in [2.75, 3.05) is 13.1 Å². The number of nitrogens with zero attached hydrogens (tertiary/aromatic N) is 1. The highest BCUT2D eigenvalue weighted by Gasteiger charge is 2.41. The summed E-state index contributed by atoms with van der Waals surface area (Å²) in [7, 11) is 0. The number of carbonyl (C=O) groups excluding carboxylic acids is 8. The van der Waals surface area contributed by atoms with Crippen molar-refractivity contribution in [2.24, 2.45) is 29.4 Å². The Morgan fingerprint density at radius 3 is 1.56 bits per heavy atom. The molecule has 0 aliphatic carbocycles. The maximum atomic E-state index is 14.0. The number of aliphatic carboxylic acids is 3. The van der Waals surface area contributed by atoms with Gasteiger partial charge in [0.25, 0.3) is 0 Å². The monoisotopic (exact) mass is 942 g/mol. The normalized spacial score (nSPS) is 17.3. The van der Waals surface area contributed by atoms with E-state index in [2.05, 4.69) is 37.2 Å². The lowest BCUT2D eigenvalue weighted by molar-refractivity contribution is -0.146. The van der Waals surface area contributed by atoms with Gasteiger partial charge in [-0.1, -0.05) is 55.4 Å². The van der Waals surface area contributed by atoms with Gasteiger partial charge < -0.3 is 68.3 Å². The molecule has 1 rings (SSSR count). The van der Waals surface area contributed by atoms with Gasteiger partial charge in [-0.2, -0.15) is 0 Å². The third-order valence-corrected chi connectivity index (χ3v) is 10.5. The minimum Gasteiger partial charge on any atom is -0.481 e. The Kier molecular flexibility index (Phi) is 24.2. The number of rotatable bonds is 28. The van der Waals surface area contributed by atoms with Gasteiger partial charge >= 0.3 is 17.9 Å². The molecule has 0 radical (unpaired) electrons. The first-order valence-corrected chi connectivity index (χ1v) is 22.1. The van der Waals surface area contributed by atoms with Crippen molar-refractivity contribution in [3.05, 3.63) is 0 Å². The molecule has 24 heteroatoms. The Labute approximate surface area is 384 Å². The number of hydrogen-bond acceptors (Lipinski definition) is 13. The molecule has 1 fully saturated rings. The summed E-state index contributed by atoms with van der Waals surface area (Å²) in [5, 5.41) is 55.0. The summed E-state index contributed by atoms with van der Waals surface area (Å²) >= 11 is 0. The van der Waals surface area contributed by atoms with Gasteiger partial charge in [0.1, 0.15) is 36.3 Å². The number of carboxylic acid groups (broad SMARTS) is 3. The van der Waals surface area contributed by atoms with Crippen molar-refractivity contribution in [1.82, 2.24) is 42.1 Å². The van der Waals surface area contributed by atoms with Gasteiger partial charge in [0.2, 0.25) is 47.3 Å². The van der Waals surface area contributed by atoms with Crippen LogP contribution in [0.25, 0.3) is 0 Å². The van der Waals surface area contributed by atoms with Gasteiger partial charge in [0.15, 0.2) is 6.04 Å². The van der Waals surface area contributed by atoms with E-state index < -0.39 is 151 Å². The van der Waals surface area contributed by atoms with E-state index in [-0.39, 0.29) is 50.0 Å². The Morgan fingerprint density at radius 2 is 1.11 bits per heavy atom. The largest absolute Gasteiger partial charge is 0.481 e. The highest BCUT2D eigenvalue weighted by Crippen LogP contribution is 2.21.